The van der Waals surface area contributed by atoms with Crippen LogP contribution in [0.25, 0.3) is 5.82 Å². The first-order valence-electron chi connectivity index (χ1n) is 6.09. The Bertz CT molecular complexity index is 614. The average Bonchev–Trinajstić information content (AvgIpc) is 3.13. The monoisotopic (exact) mass is 254 g/mol. The van der Waals surface area contributed by atoms with E-state index >= 15 is 0 Å². The molecule has 0 bridgehead atoms. The second kappa shape index (κ2) is 4.97. The Balaban J connectivity index is 1.73. The lowest BCUT2D eigenvalue weighted by Crippen LogP contribution is -2.06. The highest BCUT2D eigenvalue weighted by Crippen LogP contribution is 2.19. The fraction of sp³-hybridized carbons (Fsp3) is 0.143. The number of nitrogens with one attached hydrogen (secondary N) is 1. The average molecular weight is 254 g/mol. The molecule has 0 saturated carbocycles. The number of rotatable bonds is 4. The summed E-state index contributed by atoms with van der Waals surface area (Å²) in [5, 5.41) is 7.47. The van der Waals surface area contributed by atoms with Crippen LogP contribution >= 0.6 is 0 Å². The Morgan fingerprint density at radius 3 is 2.84 bits per heavy atom. The van der Waals surface area contributed by atoms with Gasteiger partial charge in [0, 0.05) is 12.4 Å². The lowest BCUT2D eigenvalue weighted by molar-refractivity contribution is 0.490. The van der Waals surface area contributed by atoms with E-state index < -0.39 is 0 Å². The van der Waals surface area contributed by atoms with Gasteiger partial charge in [-0.15, -0.1) is 0 Å². The van der Waals surface area contributed by atoms with Gasteiger partial charge in [0.1, 0.15) is 5.76 Å². The van der Waals surface area contributed by atoms with Crippen LogP contribution < -0.4 is 5.32 Å². The molecule has 0 radical (unpaired) electrons. The van der Waals surface area contributed by atoms with Crippen LogP contribution in [0.15, 0.2) is 59.6 Å². The predicted molar refractivity (Wildman–Crippen MR) is 72.1 cm³/mol. The predicted octanol–water partition coefficient (Wildman–Crippen LogP) is 3.03. The molecule has 5 heteroatoms. The van der Waals surface area contributed by atoms with Crippen LogP contribution in [0.5, 0.6) is 0 Å². The minimum absolute atomic E-state index is 0.104. The lowest BCUT2D eigenvalue weighted by Gasteiger charge is -2.12. The first-order valence-corrected chi connectivity index (χ1v) is 6.09. The number of nitrogens with zero attached hydrogens (tertiary/aromatic N) is 3. The van der Waals surface area contributed by atoms with Crippen LogP contribution in [0.2, 0.25) is 0 Å². The quantitative estimate of drug-likeness (QED) is 0.777. The second-order valence-electron chi connectivity index (χ2n) is 4.24. The van der Waals surface area contributed by atoms with Crippen molar-refractivity contribution in [3.8, 4) is 5.82 Å². The van der Waals surface area contributed by atoms with E-state index in [1.54, 1.807) is 23.3 Å². The van der Waals surface area contributed by atoms with Gasteiger partial charge in [-0.3, -0.25) is 0 Å². The molecule has 0 saturated heterocycles. The second-order valence-corrected chi connectivity index (χ2v) is 4.24. The summed E-state index contributed by atoms with van der Waals surface area (Å²) in [6, 6.07) is 9.70. The first kappa shape index (κ1) is 11.5. The molecule has 0 spiro atoms. The summed E-state index contributed by atoms with van der Waals surface area (Å²) in [7, 11) is 0. The molecule has 1 atom stereocenters. The molecule has 1 N–H and O–H groups in total. The van der Waals surface area contributed by atoms with E-state index in [1.165, 1.54) is 0 Å². The molecule has 0 fully saturated rings. The molecule has 0 aliphatic heterocycles. The van der Waals surface area contributed by atoms with Gasteiger partial charge in [0.15, 0.2) is 5.82 Å². The Morgan fingerprint density at radius 2 is 2.21 bits per heavy atom. The van der Waals surface area contributed by atoms with E-state index in [0.717, 1.165) is 17.3 Å². The highest BCUT2D eigenvalue weighted by Gasteiger charge is 2.08. The molecule has 96 valence electrons. The molecule has 19 heavy (non-hydrogen) atoms. The van der Waals surface area contributed by atoms with E-state index in [1.807, 2.05) is 43.5 Å². The van der Waals surface area contributed by atoms with Crippen LogP contribution in [-0.2, 0) is 0 Å². The van der Waals surface area contributed by atoms with Crippen molar-refractivity contribution in [2.24, 2.45) is 0 Å². The largest absolute Gasteiger partial charge is 0.467 e. The number of pyridine rings is 1. The van der Waals surface area contributed by atoms with Crippen molar-refractivity contribution in [1.29, 1.82) is 0 Å². The van der Waals surface area contributed by atoms with Crippen molar-refractivity contribution in [2.75, 3.05) is 5.32 Å². The first-order chi connectivity index (χ1) is 9.33. The van der Waals surface area contributed by atoms with Crippen LogP contribution in [-0.4, -0.2) is 14.8 Å². The maximum absolute atomic E-state index is 5.35. The number of hydrogen-bond acceptors (Lipinski definition) is 4. The maximum Gasteiger partial charge on any atom is 0.153 e. The molecule has 5 nitrogen and oxygen atoms in total. The molecule has 0 amide bonds. The number of furan rings is 1. The Labute approximate surface area is 110 Å². The molecule has 3 rings (SSSR count). The Morgan fingerprint density at radius 1 is 1.26 bits per heavy atom. The molecule has 0 aliphatic rings. The van der Waals surface area contributed by atoms with Crippen LogP contribution in [0, 0.1) is 0 Å². The van der Waals surface area contributed by atoms with E-state index in [9.17, 15) is 0 Å². The summed E-state index contributed by atoms with van der Waals surface area (Å²) in [6.07, 6.45) is 7.05. The normalized spacial score (nSPS) is 12.3. The van der Waals surface area contributed by atoms with Gasteiger partial charge >= 0.3 is 0 Å². The number of hydrogen-bond donors (Lipinski definition) is 1. The van der Waals surface area contributed by atoms with Crippen molar-refractivity contribution >= 4 is 5.69 Å². The van der Waals surface area contributed by atoms with Gasteiger partial charge in [-0.25, -0.2) is 9.67 Å². The Kier molecular flexibility index (Phi) is 3.02. The summed E-state index contributed by atoms with van der Waals surface area (Å²) >= 11 is 0. The zero-order chi connectivity index (χ0) is 13.1. The van der Waals surface area contributed by atoms with Crippen molar-refractivity contribution in [1.82, 2.24) is 14.8 Å². The van der Waals surface area contributed by atoms with E-state index in [-0.39, 0.29) is 6.04 Å². The molecule has 0 aliphatic carbocycles. The van der Waals surface area contributed by atoms with Crippen LogP contribution in [0.3, 0.4) is 0 Å². The molecular formula is C14H14N4O. The van der Waals surface area contributed by atoms with E-state index in [4.69, 9.17) is 4.42 Å². The van der Waals surface area contributed by atoms with Gasteiger partial charge in [0.05, 0.1) is 24.2 Å². The minimum atomic E-state index is 0.104. The zero-order valence-corrected chi connectivity index (χ0v) is 10.5. The summed E-state index contributed by atoms with van der Waals surface area (Å²) in [6.45, 7) is 2.04. The Hall–Kier alpha value is -2.56. The molecule has 3 aromatic rings. The molecule has 0 aromatic carbocycles. The fourth-order valence-electron chi connectivity index (χ4n) is 1.87. The van der Waals surface area contributed by atoms with E-state index in [2.05, 4.69) is 15.4 Å². The zero-order valence-electron chi connectivity index (χ0n) is 10.5. The molecule has 1 unspecified atom stereocenters. The summed E-state index contributed by atoms with van der Waals surface area (Å²) in [4.78, 5) is 4.36. The number of aromatic nitrogens is 3. The van der Waals surface area contributed by atoms with Gasteiger partial charge < -0.3 is 9.73 Å². The topological polar surface area (TPSA) is 55.9 Å². The van der Waals surface area contributed by atoms with Crippen molar-refractivity contribution < 1.29 is 4.42 Å². The van der Waals surface area contributed by atoms with E-state index in [0.29, 0.717) is 0 Å². The smallest absolute Gasteiger partial charge is 0.153 e. The van der Waals surface area contributed by atoms with Gasteiger partial charge in [-0.2, -0.15) is 5.10 Å². The SMILES string of the molecule is CC(Nc1ccc(-n2cccn2)nc1)c1ccco1. The van der Waals surface area contributed by atoms with Gasteiger partial charge in [0.2, 0.25) is 0 Å². The lowest BCUT2D eigenvalue weighted by atomic mass is 10.2. The van der Waals surface area contributed by atoms with Crippen LogP contribution in [0.4, 0.5) is 5.69 Å². The van der Waals surface area contributed by atoms with Gasteiger partial charge in [0.25, 0.3) is 0 Å². The summed E-state index contributed by atoms with van der Waals surface area (Å²) < 4.78 is 7.08. The number of anilines is 1. The summed E-state index contributed by atoms with van der Waals surface area (Å²) in [5.41, 5.74) is 0.944. The third-order valence-electron chi connectivity index (χ3n) is 2.84. The van der Waals surface area contributed by atoms with Crippen LogP contribution in [0.1, 0.15) is 18.7 Å². The van der Waals surface area contributed by atoms with Crippen molar-refractivity contribution in [3.05, 3.63) is 60.9 Å². The minimum Gasteiger partial charge on any atom is -0.467 e. The van der Waals surface area contributed by atoms with Crippen molar-refractivity contribution in [2.45, 2.75) is 13.0 Å². The maximum atomic E-state index is 5.35. The van der Waals surface area contributed by atoms with Gasteiger partial charge in [-0.05, 0) is 37.3 Å². The van der Waals surface area contributed by atoms with Gasteiger partial charge in [-0.1, -0.05) is 0 Å². The molecule has 3 aromatic heterocycles. The highest BCUT2D eigenvalue weighted by molar-refractivity contribution is 5.44. The standard InChI is InChI=1S/C14H14N4O/c1-11(13-4-2-9-19-13)17-12-5-6-14(15-10-12)18-8-3-7-16-18/h2-11,17H,1H3. The molecule has 3 heterocycles. The fourth-order valence-corrected chi connectivity index (χ4v) is 1.87. The molecular weight excluding hydrogens is 240 g/mol. The third-order valence-corrected chi connectivity index (χ3v) is 2.84. The van der Waals surface area contributed by atoms with Crippen molar-refractivity contribution in [3.63, 3.8) is 0 Å². The summed E-state index contributed by atoms with van der Waals surface area (Å²) in [5.74, 6) is 1.69. The third kappa shape index (κ3) is 2.49. The highest BCUT2D eigenvalue weighted by atomic mass is 16.3.